The molecular weight excluding hydrogens is 475 g/mol. The minimum absolute atomic E-state index is 0.00981. The second kappa shape index (κ2) is 9.65. The third kappa shape index (κ3) is 5.75. The highest BCUT2D eigenvalue weighted by Gasteiger charge is 2.41. The van der Waals surface area contributed by atoms with Crippen molar-refractivity contribution in [1.82, 2.24) is 9.55 Å². The molecule has 3 N–H and O–H groups in total. The Kier molecular flexibility index (Phi) is 6.92. The van der Waals surface area contributed by atoms with E-state index in [0.29, 0.717) is 30.0 Å². The minimum atomic E-state index is -4.77. The van der Waals surface area contributed by atoms with Gasteiger partial charge in [-0.1, -0.05) is 26.8 Å². The number of fused-ring (bicyclic) bond motifs is 1. The van der Waals surface area contributed by atoms with Crippen molar-refractivity contribution in [3.8, 4) is 5.75 Å². The predicted molar refractivity (Wildman–Crippen MR) is 129 cm³/mol. The van der Waals surface area contributed by atoms with Crippen LogP contribution in [0.1, 0.15) is 51.6 Å². The number of aryl methyl sites for hydroxylation is 1. The summed E-state index contributed by atoms with van der Waals surface area (Å²) >= 11 is 0. The number of alkyl halides is 3. The first kappa shape index (κ1) is 25.8. The lowest BCUT2D eigenvalue weighted by Crippen LogP contribution is -2.42. The zero-order chi connectivity index (χ0) is 26.3. The van der Waals surface area contributed by atoms with Gasteiger partial charge in [0, 0.05) is 18.2 Å². The van der Waals surface area contributed by atoms with Gasteiger partial charge in [-0.25, -0.2) is 4.98 Å². The lowest BCUT2D eigenvalue weighted by Gasteiger charge is -2.44. The fourth-order valence-corrected chi connectivity index (χ4v) is 5.21. The highest BCUT2D eigenvalue weighted by molar-refractivity contribution is 5.81. The molecule has 1 saturated carbocycles. The van der Waals surface area contributed by atoms with Gasteiger partial charge in [0.25, 0.3) is 0 Å². The van der Waals surface area contributed by atoms with E-state index in [4.69, 9.17) is 10.1 Å². The highest BCUT2D eigenvalue weighted by atomic mass is 19.4. The number of halogens is 3. The van der Waals surface area contributed by atoms with Gasteiger partial charge < -0.3 is 24.8 Å². The van der Waals surface area contributed by atoms with Gasteiger partial charge >= 0.3 is 12.3 Å². The van der Waals surface area contributed by atoms with Crippen LogP contribution in [0.25, 0.3) is 11.0 Å². The lowest BCUT2D eigenvalue weighted by atomic mass is 9.68. The maximum absolute atomic E-state index is 12.5. The van der Waals surface area contributed by atoms with Crippen LogP contribution in [0.2, 0.25) is 0 Å². The Labute approximate surface area is 206 Å². The first-order chi connectivity index (χ1) is 16.8. The number of benzene rings is 2. The summed E-state index contributed by atoms with van der Waals surface area (Å²) in [5.41, 5.74) is 2.61. The third-order valence-corrected chi connectivity index (χ3v) is 6.84. The van der Waals surface area contributed by atoms with Crippen LogP contribution in [0.4, 0.5) is 24.8 Å². The number of ether oxygens (including phenoxy) is 1. The number of aliphatic hydroxyl groups is 1. The van der Waals surface area contributed by atoms with Crippen molar-refractivity contribution in [2.24, 2.45) is 11.3 Å². The molecule has 0 bridgehead atoms. The number of rotatable bonds is 7. The largest absolute Gasteiger partial charge is 0.573 e. The van der Waals surface area contributed by atoms with Crippen molar-refractivity contribution in [1.29, 1.82) is 0 Å². The molecule has 1 unspecified atom stereocenters. The molecule has 0 spiro atoms. The van der Waals surface area contributed by atoms with Crippen molar-refractivity contribution in [2.45, 2.75) is 65.0 Å². The molecule has 3 aromatic rings. The Bertz CT molecular complexity index is 1240. The van der Waals surface area contributed by atoms with E-state index >= 15 is 0 Å². The standard InChI is InChI=1S/C26H30F3N3O4/c1-15-12-18(14-25(2,3)23(15)35)32-21-10-4-16(5-11-22(33)34)13-20(21)31-24(32)30-17-6-8-19(9-7-17)36-26(27,28)29/h4,6-10,13,15,18,23,35H,5,11-12,14H2,1-3H3,(H,30,31)(H,33,34)/t15-,18?,23+/m0/s1. The summed E-state index contributed by atoms with van der Waals surface area (Å²) in [5.74, 6) is -0.619. The number of anilines is 2. The summed E-state index contributed by atoms with van der Waals surface area (Å²) in [4.78, 5) is 15.8. The van der Waals surface area contributed by atoms with Crippen LogP contribution >= 0.6 is 0 Å². The topological polar surface area (TPSA) is 96.6 Å². The van der Waals surface area contributed by atoms with Crippen molar-refractivity contribution in [2.75, 3.05) is 5.32 Å². The number of carboxylic acids is 1. The van der Waals surface area contributed by atoms with E-state index in [2.05, 4.69) is 14.6 Å². The first-order valence-corrected chi connectivity index (χ1v) is 11.9. The second-order valence-corrected chi connectivity index (χ2v) is 10.2. The molecule has 4 rings (SSSR count). The van der Waals surface area contributed by atoms with E-state index in [9.17, 15) is 23.1 Å². The maximum atomic E-state index is 12.5. The Hall–Kier alpha value is -3.27. The summed E-state index contributed by atoms with van der Waals surface area (Å²) < 4.78 is 43.6. The number of hydrogen-bond donors (Lipinski definition) is 3. The molecule has 10 heteroatoms. The highest BCUT2D eigenvalue weighted by Crippen LogP contribution is 2.46. The molecule has 7 nitrogen and oxygen atoms in total. The fourth-order valence-electron chi connectivity index (χ4n) is 5.21. The van der Waals surface area contributed by atoms with Crippen molar-refractivity contribution < 1.29 is 32.9 Å². The summed E-state index contributed by atoms with van der Waals surface area (Å²) in [6.07, 6.45) is -3.39. The number of hydrogen-bond acceptors (Lipinski definition) is 5. The normalized spacial score (nSPS) is 21.9. The quantitative estimate of drug-likeness (QED) is 0.362. The van der Waals surface area contributed by atoms with Crippen LogP contribution in [0.15, 0.2) is 42.5 Å². The number of imidazole rings is 1. The van der Waals surface area contributed by atoms with Crippen molar-refractivity contribution in [3.05, 3.63) is 48.0 Å². The number of aliphatic carboxylic acids is 1. The van der Waals surface area contributed by atoms with Gasteiger partial charge in [-0.2, -0.15) is 0 Å². The molecule has 1 heterocycles. The van der Waals surface area contributed by atoms with Gasteiger partial charge in [-0.3, -0.25) is 4.79 Å². The minimum Gasteiger partial charge on any atom is -0.481 e. The molecule has 3 atom stereocenters. The number of carbonyl (C=O) groups is 1. The predicted octanol–water partition coefficient (Wildman–Crippen LogP) is 6.05. The summed E-state index contributed by atoms with van der Waals surface area (Å²) in [5, 5.41) is 23.0. The number of carboxylic acid groups (broad SMARTS) is 1. The fraction of sp³-hybridized carbons (Fsp3) is 0.462. The van der Waals surface area contributed by atoms with E-state index in [-0.39, 0.29) is 29.5 Å². The Morgan fingerprint density at radius 2 is 1.92 bits per heavy atom. The summed E-state index contributed by atoms with van der Waals surface area (Å²) in [6, 6.07) is 11.1. The van der Waals surface area contributed by atoms with Crippen LogP contribution in [-0.2, 0) is 11.2 Å². The molecule has 194 valence electrons. The van der Waals surface area contributed by atoms with Gasteiger partial charge in [0.15, 0.2) is 0 Å². The maximum Gasteiger partial charge on any atom is 0.573 e. The smallest absolute Gasteiger partial charge is 0.481 e. The zero-order valence-corrected chi connectivity index (χ0v) is 20.3. The number of aromatic nitrogens is 2. The summed E-state index contributed by atoms with van der Waals surface area (Å²) in [7, 11) is 0. The van der Waals surface area contributed by atoms with Gasteiger partial charge in [0.05, 0.1) is 17.1 Å². The van der Waals surface area contributed by atoms with E-state index in [1.165, 1.54) is 24.3 Å². The van der Waals surface area contributed by atoms with Crippen molar-refractivity contribution >= 4 is 28.6 Å². The van der Waals surface area contributed by atoms with Crippen LogP contribution < -0.4 is 10.1 Å². The second-order valence-electron chi connectivity index (χ2n) is 10.2. The zero-order valence-electron chi connectivity index (χ0n) is 20.3. The first-order valence-electron chi connectivity index (χ1n) is 11.9. The molecule has 0 saturated heterocycles. The monoisotopic (exact) mass is 505 g/mol. The molecule has 2 aromatic carbocycles. The number of nitrogens with one attached hydrogen (secondary N) is 1. The van der Waals surface area contributed by atoms with Crippen LogP contribution in [0.3, 0.4) is 0 Å². The average molecular weight is 506 g/mol. The van der Waals surface area contributed by atoms with E-state index in [1.807, 2.05) is 39.0 Å². The summed E-state index contributed by atoms with van der Waals surface area (Å²) in [6.45, 7) is 6.10. The van der Waals surface area contributed by atoms with Crippen LogP contribution in [0, 0.1) is 11.3 Å². The molecule has 0 aliphatic heterocycles. The van der Waals surface area contributed by atoms with Gasteiger partial charge in [-0.05, 0) is 72.6 Å². The number of aliphatic hydroxyl groups excluding tert-OH is 1. The van der Waals surface area contributed by atoms with Gasteiger partial charge in [0.1, 0.15) is 5.75 Å². The SMILES string of the molecule is C[C@H]1CC(n2c(Nc3ccc(OC(F)(F)F)cc3)nc3cc(CCC(=O)O)ccc32)CC(C)(C)[C@@H]1O. The Balaban J connectivity index is 1.71. The van der Waals surface area contributed by atoms with Crippen molar-refractivity contribution in [3.63, 3.8) is 0 Å². The van der Waals surface area contributed by atoms with Crippen LogP contribution in [-0.4, -0.2) is 38.2 Å². The molecule has 36 heavy (non-hydrogen) atoms. The van der Waals surface area contributed by atoms with E-state index in [0.717, 1.165) is 17.5 Å². The Morgan fingerprint density at radius 1 is 1.22 bits per heavy atom. The average Bonchev–Trinajstić information content (AvgIpc) is 3.13. The number of nitrogens with zero attached hydrogens (tertiary/aromatic N) is 2. The molecule has 1 fully saturated rings. The molecular formula is C26H30F3N3O4. The van der Waals surface area contributed by atoms with Gasteiger partial charge in [-0.15, -0.1) is 13.2 Å². The Morgan fingerprint density at radius 3 is 2.53 bits per heavy atom. The van der Waals surface area contributed by atoms with E-state index in [1.54, 1.807) is 0 Å². The van der Waals surface area contributed by atoms with E-state index < -0.39 is 18.4 Å². The van der Waals surface area contributed by atoms with Crippen LogP contribution in [0.5, 0.6) is 5.75 Å². The molecule has 1 aliphatic carbocycles. The molecule has 0 radical (unpaired) electrons. The third-order valence-electron chi connectivity index (χ3n) is 6.84. The lowest BCUT2D eigenvalue weighted by molar-refractivity contribution is -0.274. The van der Waals surface area contributed by atoms with Gasteiger partial charge in [0.2, 0.25) is 5.95 Å². The molecule has 1 aliphatic rings. The molecule has 0 amide bonds. The molecule has 1 aromatic heterocycles.